The predicted octanol–water partition coefficient (Wildman–Crippen LogP) is 4.58. The van der Waals surface area contributed by atoms with Crippen molar-refractivity contribution in [2.24, 2.45) is 11.7 Å². The molecule has 1 saturated carbocycles. The molecule has 1 aliphatic rings. The summed E-state index contributed by atoms with van der Waals surface area (Å²) in [5.41, 5.74) is 6.85. The molecule has 3 heteroatoms. The van der Waals surface area contributed by atoms with Gasteiger partial charge in [-0.25, -0.2) is 0 Å². The van der Waals surface area contributed by atoms with E-state index in [-0.39, 0.29) is 0 Å². The van der Waals surface area contributed by atoms with Gasteiger partial charge in [-0.3, -0.25) is 0 Å². The Balaban J connectivity index is 2.00. The minimum absolute atomic E-state index is 0.603. The van der Waals surface area contributed by atoms with Crippen molar-refractivity contribution in [3.8, 4) is 0 Å². The Hall–Kier alpha value is 0.01000. The van der Waals surface area contributed by atoms with Crippen LogP contribution in [0.4, 0.5) is 0 Å². The first kappa shape index (κ1) is 13.4. The van der Waals surface area contributed by atoms with E-state index in [4.69, 9.17) is 5.73 Å². The molecule has 2 unspecified atom stereocenters. The maximum atomic E-state index is 5.67. The summed E-state index contributed by atoms with van der Waals surface area (Å²) in [6.07, 6.45) is 5.53. The maximum Gasteiger partial charge on any atom is 0.0231 e. The highest BCUT2D eigenvalue weighted by Crippen LogP contribution is 2.37. The fraction of sp³-hybridized carbons (Fsp3) is 0.571. The summed E-state index contributed by atoms with van der Waals surface area (Å²) in [6.45, 7) is 2.98. The molecule has 1 aliphatic carbocycles. The first-order chi connectivity index (χ1) is 8.19. The van der Waals surface area contributed by atoms with Crippen LogP contribution < -0.4 is 5.73 Å². The van der Waals surface area contributed by atoms with Crippen LogP contribution in [0.1, 0.15) is 38.2 Å². The van der Waals surface area contributed by atoms with Crippen LogP contribution in [0.2, 0.25) is 0 Å². The van der Waals surface area contributed by atoms with Crippen LogP contribution in [0.15, 0.2) is 27.6 Å². The summed E-state index contributed by atoms with van der Waals surface area (Å²) in [6, 6.07) is 6.56. The average Bonchev–Trinajstić information content (AvgIpc) is 2.29. The third kappa shape index (κ3) is 3.73. The smallest absolute Gasteiger partial charge is 0.0231 e. The van der Waals surface area contributed by atoms with Gasteiger partial charge in [0.2, 0.25) is 0 Å². The molecule has 0 spiro atoms. The van der Waals surface area contributed by atoms with Gasteiger partial charge in [0.15, 0.2) is 0 Å². The van der Waals surface area contributed by atoms with Gasteiger partial charge in [-0.1, -0.05) is 41.8 Å². The van der Waals surface area contributed by atoms with Crippen LogP contribution in [0.3, 0.4) is 0 Å². The molecule has 2 N–H and O–H groups in total. The summed E-state index contributed by atoms with van der Waals surface area (Å²) >= 11 is 5.62. The zero-order chi connectivity index (χ0) is 12.3. The van der Waals surface area contributed by atoms with Gasteiger partial charge in [0.25, 0.3) is 0 Å². The van der Waals surface area contributed by atoms with Gasteiger partial charge in [-0.2, -0.15) is 0 Å². The van der Waals surface area contributed by atoms with Gasteiger partial charge in [0.1, 0.15) is 0 Å². The van der Waals surface area contributed by atoms with Gasteiger partial charge in [-0.05, 0) is 36.5 Å². The normalized spacial score (nSPS) is 24.9. The molecule has 0 aromatic heterocycles. The quantitative estimate of drug-likeness (QED) is 0.884. The Kier molecular flexibility index (Phi) is 4.95. The van der Waals surface area contributed by atoms with Crippen molar-refractivity contribution >= 4 is 27.7 Å². The van der Waals surface area contributed by atoms with E-state index >= 15 is 0 Å². The lowest BCUT2D eigenvalue weighted by Gasteiger charge is -2.26. The number of nitrogens with two attached hydrogens (primary N) is 1. The first-order valence-electron chi connectivity index (χ1n) is 6.34. The maximum absolute atomic E-state index is 5.67. The molecule has 2 atom stereocenters. The van der Waals surface area contributed by atoms with Crippen LogP contribution in [-0.4, -0.2) is 5.25 Å². The van der Waals surface area contributed by atoms with E-state index in [9.17, 15) is 0 Å². The molecule has 0 aliphatic heterocycles. The largest absolute Gasteiger partial charge is 0.326 e. The molecule has 0 heterocycles. The molecular formula is C14H20BrNS. The second-order valence-electron chi connectivity index (χ2n) is 4.97. The van der Waals surface area contributed by atoms with Crippen molar-refractivity contribution < 1.29 is 0 Å². The minimum atomic E-state index is 0.603. The van der Waals surface area contributed by atoms with E-state index < -0.39 is 0 Å². The molecule has 94 valence electrons. The van der Waals surface area contributed by atoms with Crippen molar-refractivity contribution in [2.45, 2.75) is 49.3 Å². The summed E-state index contributed by atoms with van der Waals surface area (Å²) in [4.78, 5) is 1.37. The number of hydrogen-bond donors (Lipinski definition) is 1. The zero-order valence-electron chi connectivity index (χ0n) is 10.3. The Bertz CT molecular complexity index is 380. The highest BCUT2D eigenvalue weighted by molar-refractivity contribution is 9.10. The van der Waals surface area contributed by atoms with E-state index in [1.165, 1.54) is 36.1 Å². The third-order valence-corrected chi connectivity index (χ3v) is 5.46. The van der Waals surface area contributed by atoms with Crippen molar-refractivity contribution in [3.05, 3.63) is 28.2 Å². The number of thioether (sulfide) groups is 1. The molecule has 0 amide bonds. The van der Waals surface area contributed by atoms with Gasteiger partial charge >= 0.3 is 0 Å². The number of benzene rings is 1. The molecule has 0 saturated heterocycles. The predicted molar refractivity (Wildman–Crippen MR) is 79.3 cm³/mol. The Morgan fingerprint density at radius 3 is 2.88 bits per heavy atom. The van der Waals surface area contributed by atoms with Gasteiger partial charge in [0.05, 0.1) is 0 Å². The van der Waals surface area contributed by atoms with E-state index in [2.05, 4.69) is 41.1 Å². The van der Waals surface area contributed by atoms with Gasteiger partial charge in [0, 0.05) is 21.2 Å². The molecule has 17 heavy (non-hydrogen) atoms. The lowest BCUT2D eigenvalue weighted by molar-refractivity contribution is 0.394. The van der Waals surface area contributed by atoms with Crippen LogP contribution >= 0.6 is 27.7 Å². The molecule has 0 bridgehead atoms. The summed E-state index contributed by atoms with van der Waals surface area (Å²) in [5.74, 6) is 0.896. The number of rotatable bonds is 3. The van der Waals surface area contributed by atoms with Crippen molar-refractivity contribution in [1.82, 2.24) is 0 Å². The lowest BCUT2D eigenvalue weighted by atomic mass is 9.91. The van der Waals surface area contributed by atoms with E-state index in [1.807, 2.05) is 11.8 Å². The molecule has 1 nitrogen and oxygen atoms in total. The monoisotopic (exact) mass is 313 g/mol. The van der Waals surface area contributed by atoms with E-state index in [0.29, 0.717) is 6.54 Å². The van der Waals surface area contributed by atoms with Crippen LogP contribution in [0, 0.1) is 5.92 Å². The second-order valence-corrected chi connectivity index (χ2v) is 7.20. The second kappa shape index (κ2) is 6.26. The Labute approximate surface area is 117 Å². The molecule has 1 fully saturated rings. The number of hydrogen-bond acceptors (Lipinski definition) is 2. The molecular weight excluding hydrogens is 294 g/mol. The topological polar surface area (TPSA) is 26.0 Å². The van der Waals surface area contributed by atoms with Gasteiger partial charge < -0.3 is 5.73 Å². The highest BCUT2D eigenvalue weighted by atomic mass is 79.9. The highest BCUT2D eigenvalue weighted by Gasteiger charge is 2.19. The average molecular weight is 314 g/mol. The van der Waals surface area contributed by atoms with Crippen molar-refractivity contribution in [2.75, 3.05) is 0 Å². The van der Waals surface area contributed by atoms with Crippen LogP contribution in [-0.2, 0) is 6.54 Å². The fourth-order valence-electron chi connectivity index (χ4n) is 2.44. The summed E-state index contributed by atoms with van der Waals surface area (Å²) < 4.78 is 1.15. The minimum Gasteiger partial charge on any atom is -0.326 e. The molecule has 1 aromatic rings. The summed E-state index contributed by atoms with van der Waals surface area (Å²) in [7, 11) is 0. The molecule has 0 radical (unpaired) electrons. The SMILES string of the molecule is CC1CCCC(Sc2ccc(CN)c(Br)c2)C1. The Morgan fingerprint density at radius 2 is 2.24 bits per heavy atom. The van der Waals surface area contributed by atoms with E-state index in [1.54, 1.807) is 0 Å². The molecule has 1 aromatic carbocycles. The van der Waals surface area contributed by atoms with Crippen LogP contribution in [0.5, 0.6) is 0 Å². The van der Waals surface area contributed by atoms with Crippen molar-refractivity contribution in [1.29, 1.82) is 0 Å². The van der Waals surface area contributed by atoms with E-state index in [0.717, 1.165) is 15.6 Å². The lowest BCUT2D eigenvalue weighted by Crippen LogP contribution is -2.14. The fourth-order valence-corrected chi connectivity index (χ4v) is 4.56. The van der Waals surface area contributed by atoms with Crippen molar-refractivity contribution in [3.63, 3.8) is 0 Å². The third-order valence-electron chi connectivity index (χ3n) is 3.44. The first-order valence-corrected chi connectivity index (χ1v) is 8.01. The zero-order valence-corrected chi connectivity index (χ0v) is 12.7. The standard InChI is InChI=1S/C14H20BrNS/c1-10-3-2-4-12(7-10)17-13-6-5-11(9-16)14(15)8-13/h5-6,8,10,12H,2-4,7,9,16H2,1H3. The summed E-state index contributed by atoms with van der Waals surface area (Å²) in [5, 5.41) is 0.800. The Morgan fingerprint density at radius 1 is 1.41 bits per heavy atom. The number of halogens is 1. The molecule has 2 rings (SSSR count). The van der Waals surface area contributed by atoms with Gasteiger partial charge in [-0.15, -0.1) is 11.8 Å². The van der Waals surface area contributed by atoms with Crippen LogP contribution in [0.25, 0.3) is 0 Å².